The molecule has 5 heteroatoms. The third kappa shape index (κ3) is 4.43. The van der Waals surface area contributed by atoms with Gasteiger partial charge >= 0.3 is 0 Å². The summed E-state index contributed by atoms with van der Waals surface area (Å²) in [7, 11) is 0. The van der Waals surface area contributed by atoms with Gasteiger partial charge in [0.2, 0.25) is 11.8 Å². The van der Waals surface area contributed by atoms with E-state index in [4.69, 9.17) is 5.26 Å². The van der Waals surface area contributed by atoms with E-state index in [9.17, 15) is 9.59 Å². The van der Waals surface area contributed by atoms with Crippen molar-refractivity contribution in [3.8, 4) is 6.07 Å². The number of anilines is 2. The van der Waals surface area contributed by atoms with Gasteiger partial charge in [-0.25, -0.2) is 0 Å². The van der Waals surface area contributed by atoms with E-state index in [1.807, 2.05) is 19.9 Å². The molecule has 0 radical (unpaired) electrons. The monoisotopic (exact) mass is 259 g/mol. The summed E-state index contributed by atoms with van der Waals surface area (Å²) >= 11 is 0. The van der Waals surface area contributed by atoms with Crippen molar-refractivity contribution in [3.05, 3.63) is 24.3 Å². The molecule has 0 spiro atoms. The van der Waals surface area contributed by atoms with E-state index in [0.29, 0.717) is 11.4 Å². The van der Waals surface area contributed by atoms with Crippen molar-refractivity contribution in [1.29, 1.82) is 5.26 Å². The Balaban J connectivity index is 2.80. The Morgan fingerprint density at radius 3 is 2.26 bits per heavy atom. The lowest BCUT2D eigenvalue weighted by molar-refractivity contribution is -0.119. The van der Waals surface area contributed by atoms with Gasteiger partial charge in [-0.1, -0.05) is 19.9 Å². The van der Waals surface area contributed by atoms with Crippen LogP contribution in [0.1, 0.15) is 20.8 Å². The number of hydrogen-bond acceptors (Lipinski definition) is 3. The van der Waals surface area contributed by atoms with E-state index < -0.39 is 5.92 Å². The minimum Gasteiger partial charge on any atom is -0.326 e. The lowest BCUT2D eigenvalue weighted by Gasteiger charge is -2.13. The number of carbonyl (C=O) groups is 2. The maximum absolute atomic E-state index is 11.9. The van der Waals surface area contributed by atoms with E-state index in [-0.39, 0.29) is 17.7 Å². The summed E-state index contributed by atoms with van der Waals surface area (Å²) in [5.74, 6) is -1.26. The fraction of sp³-hybridized carbons (Fsp3) is 0.357. The summed E-state index contributed by atoms with van der Waals surface area (Å²) < 4.78 is 0. The van der Waals surface area contributed by atoms with Gasteiger partial charge in [0, 0.05) is 18.3 Å². The van der Waals surface area contributed by atoms with Crippen molar-refractivity contribution < 1.29 is 9.59 Å². The fourth-order valence-corrected chi connectivity index (χ4v) is 1.61. The molecule has 0 bridgehead atoms. The van der Waals surface area contributed by atoms with Crippen LogP contribution in [0.5, 0.6) is 0 Å². The van der Waals surface area contributed by atoms with Gasteiger partial charge in [-0.15, -0.1) is 0 Å². The van der Waals surface area contributed by atoms with Crippen LogP contribution in [0.25, 0.3) is 0 Å². The van der Waals surface area contributed by atoms with Gasteiger partial charge in [0.15, 0.2) is 0 Å². The van der Waals surface area contributed by atoms with Gasteiger partial charge in [-0.3, -0.25) is 9.59 Å². The number of hydrogen-bond donors (Lipinski definition) is 2. The Kier molecular flexibility index (Phi) is 5.07. The summed E-state index contributed by atoms with van der Waals surface area (Å²) in [6.07, 6.45) is 0. The Hall–Kier alpha value is -2.35. The van der Waals surface area contributed by atoms with Gasteiger partial charge in [0.05, 0.1) is 6.07 Å². The number of nitriles is 1. The number of nitrogens with zero attached hydrogens (tertiary/aromatic N) is 1. The highest BCUT2D eigenvalue weighted by Crippen LogP contribution is 2.17. The first kappa shape index (κ1) is 14.7. The van der Waals surface area contributed by atoms with Gasteiger partial charge in [-0.05, 0) is 24.1 Å². The Bertz CT molecular complexity index is 518. The first-order chi connectivity index (χ1) is 8.93. The highest BCUT2D eigenvalue weighted by Gasteiger charge is 2.21. The molecular formula is C14H17N3O2. The van der Waals surface area contributed by atoms with Crippen molar-refractivity contribution in [2.24, 2.45) is 11.8 Å². The molecule has 1 unspecified atom stereocenters. The summed E-state index contributed by atoms with van der Waals surface area (Å²) in [5.41, 5.74) is 1.15. The molecule has 1 aromatic carbocycles. The minimum absolute atomic E-state index is 0.0523. The quantitative estimate of drug-likeness (QED) is 0.870. The first-order valence-corrected chi connectivity index (χ1v) is 6.02. The molecule has 0 aliphatic heterocycles. The second-order valence-electron chi connectivity index (χ2n) is 4.60. The second-order valence-corrected chi connectivity index (χ2v) is 4.60. The number of amides is 2. The van der Waals surface area contributed by atoms with E-state index >= 15 is 0 Å². The predicted octanol–water partition coefficient (Wildman–Crippen LogP) is 2.38. The zero-order chi connectivity index (χ0) is 14.4. The molecule has 0 heterocycles. The third-order valence-corrected chi connectivity index (χ3v) is 2.54. The Morgan fingerprint density at radius 1 is 1.21 bits per heavy atom. The highest BCUT2D eigenvalue weighted by atomic mass is 16.2. The molecule has 100 valence electrons. The third-order valence-electron chi connectivity index (χ3n) is 2.54. The molecule has 0 fully saturated rings. The smallest absolute Gasteiger partial charge is 0.241 e. The normalized spacial score (nSPS) is 11.5. The predicted molar refractivity (Wildman–Crippen MR) is 73.3 cm³/mol. The molecule has 1 atom stereocenters. The van der Waals surface area contributed by atoms with Crippen molar-refractivity contribution in [2.45, 2.75) is 20.8 Å². The molecule has 0 saturated heterocycles. The van der Waals surface area contributed by atoms with Crippen molar-refractivity contribution in [3.63, 3.8) is 0 Å². The molecule has 2 N–H and O–H groups in total. The van der Waals surface area contributed by atoms with Crippen LogP contribution in [0, 0.1) is 23.2 Å². The van der Waals surface area contributed by atoms with Crippen molar-refractivity contribution in [1.82, 2.24) is 0 Å². The second kappa shape index (κ2) is 6.55. The lowest BCUT2D eigenvalue weighted by atomic mass is 9.96. The Labute approximate surface area is 112 Å². The molecule has 2 amide bonds. The topological polar surface area (TPSA) is 82.0 Å². The maximum Gasteiger partial charge on any atom is 0.241 e. The molecule has 19 heavy (non-hydrogen) atoms. The standard InChI is InChI=1S/C14H17N3O2/c1-9(2)13(8-15)14(19)17-12-6-4-5-11(7-12)16-10(3)18/h4-7,9,13H,1-3H3,(H,16,18)(H,17,19). The summed E-state index contributed by atoms with van der Waals surface area (Å²) in [5, 5.41) is 14.3. The molecule has 0 aliphatic carbocycles. The Morgan fingerprint density at radius 2 is 1.79 bits per heavy atom. The van der Waals surface area contributed by atoms with Crippen LogP contribution >= 0.6 is 0 Å². The summed E-state index contributed by atoms with van der Waals surface area (Å²) in [6, 6.07) is 8.78. The van der Waals surface area contributed by atoms with Gasteiger partial charge in [-0.2, -0.15) is 5.26 Å². The molecule has 1 aromatic rings. The van der Waals surface area contributed by atoms with Crippen LogP contribution < -0.4 is 10.6 Å². The van der Waals surface area contributed by atoms with Crippen LogP contribution in [0.15, 0.2) is 24.3 Å². The van der Waals surface area contributed by atoms with Crippen molar-refractivity contribution in [2.75, 3.05) is 10.6 Å². The average molecular weight is 259 g/mol. The molecule has 0 aromatic heterocycles. The molecule has 5 nitrogen and oxygen atoms in total. The molecular weight excluding hydrogens is 242 g/mol. The maximum atomic E-state index is 11.9. The van der Waals surface area contributed by atoms with E-state index in [1.165, 1.54) is 6.92 Å². The molecule has 0 aliphatic rings. The SMILES string of the molecule is CC(=O)Nc1cccc(NC(=O)C(C#N)C(C)C)c1. The van der Waals surface area contributed by atoms with Crippen LogP contribution in [0.4, 0.5) is 11.4 Å². The highest BCUT2D eigenvalue weighted by molar-refractivity contribution is 5.95. The number of carbonyl (C=O) groups excluding carboxylic acids is 2. The van der Waals surface area contributed by atoms with Gasteiger partial charge in [0.1, 0.15) is 5.92 Å². The van der Waals surface area contributed by atoms with Crippen LogP contribution in [-0.2, 0) is 9.59 Å². The largest absolute Gasteiger partial charge is 0.326 e. The average Bonchev–Trinajstić information content (AvgIpc) is 2.28. The van der Waals surface area contributed by atoms with E-state index in [0.717, 1.165) is 0 Å². The van der Waals surface area contributed by atoms with Crippen LogP contribution in [0.3, 0.4) is 0 Å². The van der Waals surface area contributed by atoms with Crippen LogP contribution in [0.2, 0.25) is 0 Å². The van der Waals surface area contributed by atoms with E-state index in [1.54, 1.807) is 24.3 Å². The minimum atomic E-state index is -0.690. The zero-order valence-electron chi connectivity index (χ0n) is 11.2. The van der Waals surface area contributed by atoms with Gasteiger partial charge in [0.25, 0.3) is 0 Å². The summed E-state index contributed by atoms with van der Waals surface area (Å²) in [6.45, 7) is 5.05. The number of benzene rings is 1. The molecule has 1 rings (SSSR count). The van der Waals surface area contributed by atoms with Crippen molar-refractivity contribution >= 4 is 23.2 Å². The van der Waals surface area contributed by atoms with E-state index in [2.05, 4.69) is 10.6 Å². The zero-order valence-corrected chi connectivity index (χ0v) is 11.2. The molecule has 0 saturated carbocycles. The number of nitrogens with one attached hydrogen (secondary N) is 2. The fourth-order valence-electron chi connectivity index (χ4n) is 1.61. The summed E-state index contributed by atoms with van der Waals surface area (Å²) in [4.78, 5) is 22.8. The lowest BCUT2D eigenvalue weighted by Crippen LogP contribution is -2.25. The number of rotatable bonds is 4. The van der Waals surface area contributed by atoms with Crippen LogP contribution in [-0.4, -0.2) is 11.8 Å². The van der Waals surface area contributed by atoms with Gasteiger partial charge < -0.3 is 10.6 Å². The first-order valence-electron chi connectivity index (χ1n) is 6.02.